The van der Waals surface area contributed by atoms with Crippen molar-refractivity contribution in [3.8, 4) is 0 Å². The van der Waals surface area contributed by atoms with Gasteiger partial charge in [0.15, 0.2) is 0 Å². The molecule has 21 heavy (non-hydrogen) atoms. The van der Waals surface area contributed by atoms with Crippen molar-refractivity contribution in [2.24, 2.45) is 5.73 Å². The monoisotopic (exact) mass is 298 g/mol. The van der Waals surface area contributed by atoms with Gasteiger partial charge in [0.05, 0.1) is 6.20 Å². The molecule has 2 atom stereocenters. The zero-order valence-corrected chi connectivity index (χ0v) is 11.8. The predicted octanol–water partition coefficient (Wildman–Crippen LogP) is 0.0619. The second-order valence-electron chi connectivity index (χ2n) is 4.54. The molecule has 0 spiro atoms. The Hall–Kier alpha value is -2.58. The summed E-state index contributed by atoms with van der Waals surface area (Å²) in [4.78, 5) is 37.3. The number of rotatable bonds is 7. The number of nitrogens with two attached hydrogens (primary N) is 1. The van der Waals surface area contributed by atoms with Gasteiger partial charge in [-0.05, 0) is 20.3 Å². The summed E-state index contributed by atoms with van der Waals surface area (Å²) in [6, 6.07) is -2.42. The molecule has 1 heterocycles. The van der Waals surface area contributed by atoms with E-state index in [1.165, 1.54) is 6.20 Å². The van der Waals surface area contributed by atoms with Gasteiger partial charge in [-0.15, -0.1) is 0 Å². The molecule has 3 amide bonds. The van der Waals surface area contributed by atoms with Gasteiger partial charge in [-0.1, -0.05) is 0 Å². The molecule has 0 aliphatic heterocycles. The quantitative estimate of drug-likeness (QED) is 0.559. The van der Waals surface area contributed by atoms with E-state index in [2.05, 4.69) is 15.6 Å². The van der Waals surface area contributed by atoms with Crippen molar-refractivity contribution in [3.05, 3.63) is 17.8 Å². The molecule has 0 fully saturated rings. The number of aryl methyl sites for hydroxylation is 1. The molecule has 1 aromatic rings. The van der Waals surface area contributed by atoms with Crippen LogP contribution in [0.15, 0.2) is 10.6 Å². The molecule has 5 N–H and O–H groups in total. The first-order valence-corrected chi connectivity index (χ1v) is 6.30. The Kier molecular flexibility index (Phi) is 5.70. The van der Waals surface area contributed by atoms with Crippen LogP contribution in [-0.4, -0.2) is 34.0 Å². The van der Waals surface area contributed by atoms with Crippen molar-refractivity contribution >= 4 is 17.9 Å². The SMILES string of the molecule is Cc1cnc(C(C)NC(=O)NC(CCC(N)=O)C(=O)O)o1. The van der Waals surface area contributed by atoms with Crippen LogP contribution < -0.4 is 16.4 Å². The highest BCUT2D eigenvalue weighted by atomic mass is 16.4. The van der Waals surface area contributed by atoms with Crippen LogP contribution in [0.4, 0.5) is 4.79 Å². The minimum atomic E-state index is -1.24. The van der Waals surface area contributed by atoms with E-state index in [9.17, 15) is 14.4 Å². The number of carbonyl (C=O) groups excluding carboxylic acids is 2. The van der Waals surface area contributed by atoms with E-state index >= 15 is 0 Å². The predicted molar refractivity (Wildman–Crippen MR) is 71.2 cm³/mol. The summed E-state index contributed by atoms with van der Waals surface area (Å²) in [5, 5.41) is 13.7. The third-order valence-corrected chi connectivity index (χ3v) is 2.64. The number of aromatic nitrogens is 1. The molecule has 0 radical (unpaired) electrons. The number of aliphatic carboxylic acids is 1. The molecule has 9 nitrogen and oxygen atoms in total. The average molecular weight is 298 g/mol. The number of primary amides is 1. The lowest BCUT2D eigenvalue weighted by atomic mass is 10.1. The molecular formula is C12H18N4O5. The topological polar surface area (TPSA) is 148 Å². The smallest absolute Gasteiger partial charge is 0.326 e. The summed E-state index contributed by atoms with van der Waals surface area (Å²) in [5.41, 5.74) is 4.95. The molecular weight excluding hydrogens is 280 g/mol. The first kappa shape index (κ1) is 16.5. The van der Waals surface area contributed by atoms with E-state index in [1.807, 2.05) is 0 Å². The standard InChI is InChI=1S/C12H18N4O5/c1-6-5-14-10(21-6)7(2)15-12(20)16-8(11(18)19)3-4-9(13)17/h5,7-8H,3-4H2,1-2H3,(H2,13,17)(H,18,19)(H2,15,16,20). The molecule has 0 saturated carbocycles. The third-order valence-electron chi connectivity index (χ3n) is 2.64. The summed E-state index contributed by atoms with van der Waals surface area (Å²) >= 11 is 0. The molecule has 0 aromatic carbocycles. The Morgan fingerprint density at radius 1 is 1.43 bits per heavy atom. The van der Waals surface area contributed by atoms with Crippen LogP contribution in [0.25, 0.3) is 0 Å². The van der Waals surface area contributed by atoms with Crippen molar-refractivity contribution in [1.82, 2.24) is 15.6 Å². The van der Waals surface area contributed by atoms with E-state index in [0.29, 0.717) is 11.7 Å². The van der Waals surface area contributed by atoms with Gasteiger partial charge in [0, 0.05) is 6.42 Å². The Balaban J connectivity index is 2.53. The number of carboxylic acids is 1. The van der Waals surface area contributed by atoms with Gasteiger partial charge in [-0.3, -0.25) is 4.79 Å². The number of oxazole rings is 1. The van der Waals surface area contributed by atoms with Crippen molar-refractivity contribution in [1.29, 1.82) is 0 Å². The van der Waals surface area contributed by atoms with Gasteiger partial charge >= 0.3 is 12.0 Å². The Bertz CT molecular complexity index is 527. The van der Waals surface area contributed by atoms with E-state index in [-0.39, 0.29) is 12.8 Å². The molecule has 1 aromatic heterocycles. The van der Waals surface area contributed by atoms with E-state index in [0.717, 1.165) is 0 Å². The van der Waals surface area contributed by atoms with E-state index in [1.54, 1.807) is 13.8 Å². The van der Waals surface area contributed by atoms with E-state index in [4.69, 9.17) is 15.3 Å². The Morgan fingerprint density at radius 3 is 2.57 bits per heavy atom. The summed E-state index contributed by atoms with van der Waals surface area (Å²) < 4.78 is 5.25. The van der Waals surface area contributed by atoms with Gasteiger partial charge in [-0.2, -0.15) is 0 Å². The number of carboxylic acid groups (broad SMARTS) is 1. The number of nitrogens with zero attached hydrogens (tertiary/aromatic N) is 1. The normalized spacial score (nSPS) is 13.2. The third kappa shape index (κ3) is 5.51. The van der Waals surface area contributed by atoms with Crippen LogP contribution >= 0.6 is 0 Å². The van der Waals surface area contributed by atoms with Crippen molar-refractivity contribution in [2.75, 3.05) is 0 Å². The number of hydrogen-bond donors (Lipinski definition) is 4. The average Bonchev–Trinajstić information content (AvgIpc) is 2.80. The summed E-state index contributed by atoms with van der Waals surface area (Å²) in [5.74, 6) is -0.964. The van der Waals surface area contributed by atoms with Crippen LogP contribution in [0.1, 0.15) is 37.5 Å². The summed E-state index contributed by atoms with van der Waals surface area (Å²) in [6.07, 6.45) is 1.30. The second kappa shape index (κ2) is 7.27. The van der Waals surface area contributed by atoms with Crippen LogP contribution in [0.3, 0.4) is 0 Å². The van der Waals surface area contributed by atoms with Crippen LogP contribution in [0, 0.1) is 6.92 Å². The first-order valence-electron chi connectivity index (χ1n) is 6.30. The fraction of sp³-hybridized carbons (Fsp3) is 0.500. The highest BCUT2D eigenvalue weighted by molar-refractivity contribution is 5.83. The van der Waals surface area contributed by atoms with Crippen LogP contribution in [0.2, 0.25) is 0 Å². The molecule has 0 aliphatic rings. The van der Waals surface area contributed by atoms with Crippen LogP contribution in [-0.2, 0) is 9.59 Å². The van der Waals surface area contributed by atoms with Gasteiger partial charge < -0.3 is 25.9 Å². The number of amides is 3. The largest absolute Gasteiger partial charge is 0.480 e. The van der Waals surface area contributed by atoms with Crippen LogP contribution in [0.5, 0.6) is 0 Å². The Morgan fingerprint density at radius 2 is 2.10 bits per heavy atom. The molecule has 9 heteroatoms. The van der Waals surface area contributed by atoms with E-state index < -0.39 is 30.0 Å². The Labute approximate surface area is 120 Å². The van der Waals surface area contributed by atoms with Crippen molar-refractivity contribution in [3.63, 3.8) is 0 Å². The van der Waals surface area contributed by atoms with Gasteiger partial charge in [0.1, 0.15) is 17.8 Å². The highest BCUT2D eigenvalue weighted by Gasteiger charge is 2.22. The maximum atomic E-state index is 11.7. The number of urea groups is 1. The van der Waals surface area contributed by atoms with Gasteiger partial charge in [0.2, 0.25) is 11.8 Å². The minimum Gasteiger partial charge on any atom is -0.480 e. The fourth-order valence-electron chi connectivity index (χ4n) is 1.57. The molecule has 0 aliphatic carbocycles. The maximum Gasteiger partial charge on any atom is 0.326 e. The minimum absolute atomic E-state index is 0.0788. The zero-order chi connectivity index (χ0) is 16.0. The molecule has 2 unspecified atom stereocenters. The van der Waals surface area contributed by atoms with Crippen molar-refractivity contribution < 1.29 is 23.9 Å². The number of nitrogens with one attached hydrogen (secondary N) is 2. The fourth-order valence-corrected chi connectivity index (χ4v) is 1.57. The van der Waals surface area contributed by atoms with Gasteiger partial charge in [0.25, 0.3) is 0 Å². The van der Waals surface area contributed by atoms with Gasteiger partial charge in [-0.25, -0.2) is 14.6 Å². The maximum absolute atomic E-state index is 11.7. The lowest BCUT2D eigenvalue weighted by Crippen LogP contribution is -2.47. The number of carbonyl (C=O) groups is 3. The summed E-state index contributed by atoms with van der Waals surface area (Å²) in [6.45, 7) is 3.36. The lowest BCUT2D eigenvalue weighted by molar-refractivity contribution is -0.139. The lowest BCUT2D eigenvalue weighted by Gasteiger charge is -2.16. The molecule has 0 saturated heterocycles. The second-order valence-corrected chi connectivity index (χ2v) is 4.54. The van der Waals surface area contributed by atoms with Crippen molar-refractivity contribution in [2.45, 2.75) is 38.8 Å². The zero-order valence-electron chi connectivity index (χ0n) is 11.8. The molecule has 116 valence electrons. The molecule has 1 rings (SSSR count). The first-order chi connectivity index (χ1) is 9.79. The summed E-state index contributed by atoms with van der Waals surface area (Å²) in [7, 11) is 0. The molecule has 0 bridgehead atoms. The number of hydrogen-bond acceptors (Lipinski definition) is 5. The highest BCUT2D eigenvalue weighted by Crippen LogP contribution is 2.11.